The van der Waals surface area contributed by atoms with Gasteiger partial charge in [-0.15, -0.1) is 0 Å². The number of carbonyl (C=O) groups excluding carboxylic acids is 3. The zero-order chi connectivity index (χ0) is 21.1. The molecule has 2 aliphatic heterocycles. The van der Waals surface area contributed by atoms with Crippen molar-refractivity contribution in [2.45, 2.75) is 31.3 Å². The summed E-state index contributed by atoms with van der Waals surface area (Å²) in [6, 6.07) is 16.6. The molecule has 1 spiro atoms. The number of para-hydroxylation sites is 1. The van der Waals surface area contributed by atoms with Crippen LogP contribution in [0.2, 0.25) is 0 Å². The molecule has 0 bridgehead atoms. The number of piperidine rings is 1. The van der Waals surface area contributed by atoms with E-state index in [1.54, 1.807) is 12.0 Å². The highest BCUT2D eigenvalue weighted by molar-refractivity contribution is 6.07. The van der Waals surface area contributed by atoms with Gasteiger partial charge in [0.25, 0.3) is 5.91 Å². The Labute approximate surface area is 175 Å². The number of benzene rings is 2. The van der Waals surface area contributed by atoms with Crippen LogP contribution in [0.25, 0.3) is 0 Å². The maximum Gasteiger partial charge on any atom is 0.325 e. The largest absolute Gasteiger partial charge is 0.496 e. The van der Waals surface area contributed by atoms with Gasteiger partial charge in [0.1, 0.15) is 11.3 Å². The molecule has 7 heteroatoms. The van der Waals surface area contributed by atoms with Crippen molar-refractivity contribution in [1.29, 1.82) is 0 Å². The molecule has 0 radical (unpaired) electrons. The predicted octanol–water partition coefficient (Wildman–Crippen LogP) is 2.35. The number of methoxy groups -OCH3 is 1. The maximum atomic E-state index is 13.1. The van der Waals surface area contributed by atoms with E-state index < -0.39 is 5.54 Å². The molecule has 30 heavy (non-hydrogen) atoms. The van der Waals surface area contributed by atoms with Crippen LogP contribution in [0.4, 0.5) is 4.79 Å². The third-order valence-corrected chi connectivity index (χ3v) is 5.93. The van der Waals surface area contributed by atoms with E-state index >= 15 is 0 Å². The normalized spacial score (nSPS) is 17.9. The number of amides is 4. The summed E-state index contributed by atoms with van der Waals surface area (Å²) in [5.41, 5.74) is 0.833. The summed E-state index contributed by atoms with van der Waals surface area (Å²) in [5.74, 6) is 0.481. The van der Waals surface area contributed by atoms with Crippen LogP contribution in [0.1, 0.15) is 24.0 Å². The van der Waals surface area contributed by atoms with E-state index in [1.807, 2.05) is 54.6 Å². The van der Waals surface area contributed by atoms with Crippen LogP contribution >= 0.6 is 0 Å². The SMILES string of the molecule is COc1ccccc1CC(=O)N1CCC2(CC1)NC(=O)N(Cc1ccccc1)C2=O. The molecule has 156 valence electrons. The summed E-state index contributed by atoms with van der Waals surface area (Å²) in [5, 5.41) is 2.90. The summed E-state index contributed by atoms with van der Waals surface area (Å²) in [4.78, 5) is 41.4. The van der Waals surface area contributed by atoms with Crippen molar-refractivity contribution in [3.63, 3.8) is 0 Å². The Morgan fingerprint density at radius 1 is 1.03 bits per heavy atom. The van der Waals surface area contributed by atoms with Gasteiger partial charge in [0.05, 0.1) is 20.1 Å². The lowest BCUT2D eigenvalue weighted by Crippen LogP contribution is -2.56. The Kier molecular flexibility index (Phi) is 5.44. The van der Waals surface area contributed by atoms with Gasteiger partial charge in [0, 0.05) is 18.7 Å². The average molecular weight is 407 g/mol. The second-order valence-corrected chi connectivity index (χ2v) is 7.76. The third-order valence-electron chi connectivity index (χ3n) is 5.93. The topological polar surface area (TPSA) is 79.0 Å². The molecule has 0 aromatic heterocycles. The van der Waals surface area contributed by atoms with Gasteiger partial charge in [-0.1, -0.05) is 48.5 Å². The molecule has 2 aromatic carbocycles. The second kappa shape index (κ2) is 8.18. The molecular weight excluding hydrogens is 382 g/mol. The number of hydrogen-bond acceptors (Lipinski definition) is 4. The van der Waals surface area contributed by atoms with Crippen molar-refractivity contribution >= 4 is 17.8 Å². The third kappa shape index (κ3) is 3.75. The van der Waals surface area contributed by atoms with E-state index in [2.05, 4.69) is 5.32 Å². The van der Waals surface area contributed by atoms with Gasteiger partial charge in [0.15, 0.2) is 0 Å². The van der Waals surface area contributed by atoms with Gasteiger partial charge >= 0.3 is 6.03 Å². The smallest absolute Gasteiger partial charge is 0.325 e. The van der Waals surface area contributed by atoms with Crippen molar-refractivity contribution in [3.8, 4) is 5.75 Å². The number of carbonyl (C=O) groups is 3. The number of nitrogens with zero attached hydrogens (tertiary/aromatic N) is 2. The second-order valence-electron chi connectivity index (χ2n) is 7.76. The minimum absolute atomic E-state index is 0.00716. The maximum absolute atomic E-state index is 13.1. The fourth-order valence-electron chi connectivity index (χ4n) is 4.19. The van der Waals surface area contributed by atoms with Gasteiger partial charge < -0.3 is 15.0 Å². The molecule has 2 saturated heterocycles. The van der Waals surface area contributed by atoms with Crippen LogP contribution in [0.3, 0.4) is 0 Å². The van der Waals surface area contributed by atoms with Crippen LogP contribution in [-0.4, -0.2) is 53.4 Å². The standard InChI is InChI=1S/C23H25N3O4/c1-30-19-10-6-5-9-18(19)15-20(27)25-13-11-23(12-14-25)21(28)26(22(29)24-23)16-17-7-3-2-4-8-17/h2-10H,11-16H2,1H3,(H,24,29). The minimum atomic E-state index is -0.910. The molecule has 1 N–H and O–H groups in total. The molecule has 2 heterocycles. The van der Waals surface area contributed by atoms with E-state index in [1.165, 1.54) is 4.90 Å². The molecular formula is C23H25N3O4. The molecule has 0 aliphatic carbocycles. The monoisotopic (exact) mass is 407 g/mol. The van der Waals surface area contributed by atoms with Crippen molar-refractivity contribution in [2.24, 2.45) is 0 Å². The first-order chi connectivity index (χ1) is 14.5. The van der Waals surface area contributed by atoms with Crippen LogP contribution in [-0.2, 0) is 22.6 Å². The Hall–Kier alpha value is -3.35. The van der Waals surface area contributed by atoms with Crippen molar-refractivity contribution in [3.05, 3.63) is 65.7 Å². The molecule has 4 rings (SSSR count). The highest BCUT2D eigenvalue weighted by atomic mass is 16.5. The Bertz CT molecular complexity index is 952. The number of rotatable bonds is 5. The first-order valence-electron chi connectivity index (χ1n) is 10.1. The Morgan fingerprint density at radius 2 is 1.70 bits per heavy atom. The number of nitrogens with one attached hydrogen (secondary N) is 1. The van der Waals surface area contributed by atoms with Crippen molar-refractivity contribution in [2.75, 3.05) is 20.2 Å². The van der Waals surface area contributed by atoms with Gasteiger partial charge in [-0.3, -0.25) is 14.5 Å². The zero-order valence-electron chi connectivity index (χ0n) is 17.0. The van der Waals surface area contributed by atoms with Crippen molar-refractivity contribution < 1.29 is 19.1 Å². The predicted molar refractivity (Wildman–Crippen MR) is 111 cm³/mol. The lowest BCUT2D eigenvalue weighted by molar-refractivity contribution is -0.138. The first kappa shape index (κ1) is 19.9. The highest BCUT2D eigenvalue weighted by Crippen LogP contribution is 2.31. The number of imide groups is 1. The van der Waals surface area contributed by atoms with Gasteiger partial charge in [0.2, 0.25) is 5.91 Å². The van der Waals surface area contributed by atoms with Crippen LogP contribution in [0, 0.1) is 0 Å². The van der Waals surface area contributed by atoms with Gasteiger partial charge in [-0.2, -0.15) is 0 Å². The zero-order valence-corrected chi connectivity index (χ0v) is 17.0. The quantitative estimate of drug-likeness (QED) is 0.772. The number of likely N-dealkylation sites (tertiary alicyclic amines) is 1. The lowest BCUT2D eigenvalue weighted by Gasteiger charge is -2.37. The number of hydrogen-bond donors (Lipinski definition) is 1. The molecule has 2 fully saturated rings. The molecule has 0 atom stereocenters. The molecule has 0 unspecified atom stereocenters. The highest BCUT2D eigenvalue weighted by Gasteiger charge is 2.52. The summed E-state index contributed by atoms with van der Waals surface area (Å²) < 4.78 is 5.33. The van der Waals surface area contributed by atoms with Gasteiger partial charge in [-0.05, 0) is 24.5 Å². The minimum Gasteiger partial charge on any atom is -0.496 e. The van der Waals surface area contributed by atoms with E-state index in [-0.39, 0.29) is 30.8 Å². The molecule has 4 amide bonds. The van der Waals surface area contributed by atoms with Crippen LogP contribution in [0.5, 0.6) is 5.75 Å². The summed E-state index contributed by atoms with van der Waals surface area (Å²) in [6.07, 6.45) is 1.08. The van der Waals surface area contributed by atoms with Gasteiger partial charge in [-0.25, -0.2) is 4.79 Å². The molecule has 2 aromatic rings. The summed E-state index contributed by atoms with van der Waals surface area (Å²) in [7, 11) is 1.59. The van der Waals surface area contributed by atoms with E-state index in [0.29, 0.717) is 31.7 Å². The first-order valence-corrected chi connectivity index (χ1v) is 10.1. The summed E-state index contributed by atoms with van der Waals surface area (Å²) >= 11 is 0. The molecule has 7 nitrogen and oxygen atoms in total. The Balaban J connectivity index is 1.39. The lowest BCUT2D eigenvalue weighted by atomic mass is 9.87. The van der Waals surface area contributed by atoms with Crippen LogP contribution in [0.15, 0.2) is 54.6 Å². The molecule has 0 saturated carbocycles. The van der Waals surface area contributed by atoms with Crippen molar-refractivity contribution in [1.82, 2.24) is 15.1 Å². The average Bonchev–Trinajstić information content (AvgIpc) is 2.99. The van der Waals surface area contributed by atoms with E-state index in [0.717, 1.165) is 11.1 Å². The summed E-state index contributed by atoms with van der Waals surface area (Å²) in [6.45, 7) is 1.11. The fraction of sp³-hybridized carbons (Fsp3) is 0.348. The molecule has 2 aliphatic rings. The van der Waals surface area contributed by atoms with E-state index in [9.17, 15) is 14.4 Å². The van der Waals surface area contributed by atoms with E-state index in [4.69, 9.17) is 4.74 Å². The number of ether oxygens (including phenoxy) is 1. The number of urea groups is 1. The van der Waals surface area contributed by atoms with Crippen LogP contribution < -0.4 is 10.1 Å². The fourth-order valence-corrected chi connectivity index (χ4v) is 4.19. The Morgan fingerprint density at radius 3 is 2.40 bits per heavy atom.